The van der Waals surface area contributed by atoms with Gasteiger partial charge in [0.15, 0.2) is 0 Å². The predicted octanol–water partition coefficient (Wildman–Crippen LogP) is -0.0301. The fourth-order valence-electron chi connectivity index (χ4n) is 1.55. The van der Waals surface area contributed by atoms with E-state index in [-0.39, 0.29) is 10.6 Å². The average molecular weight is 322 g/mol. The van der Waals surface area contributed by atoms with Crippen molar-refractivity contribution < 1.29 is 21.8 Å². The van der Waals surface area contributed by atoms with Gasteiger partial charge in [0.05, 0.1) is 10.5 Å². The Morgan fingerprint density at radius 3 is 2.60 bits per heavy atom. The van der Waals surface area contributed by atoms with Crippen molar-refractivity contribution in [1.29, 1.82) is 0 Å². The van der Waals surface area contributed by atoms with E-state index in [4.69, 9.17) is 5.14 Å². The maximum atomic E-state index is 13.6. The van der Waals surface area contributed by atoms with Gasteiger partial charge < -0.3 is 5.32 Å². The molecule has 1 aromatic rings. The van der Waals surface area contributed by atoms with Gasteiger partial charge >= 0.3 is 0 Å². The quantitative estimate of drug-likeness (QED) is 0.794. The number of benzene rings is 1. The lowest BCUT2D eigenvalue weighted by Crippen LogP contribution is -2.36. The monoisotopic (exact) mass is 322 g/mol. The van der Waals surface area contributed by atoms with Crippen molar-refractivity contribution in [3.05, 3.63) is 29.6 Å². The molecule has 0 bridgehead atoms. The van der Waals surface area contributed by atoms with E-state index in [1.54, 1.807) is 6.92 Å². The topological polar surface area (TPSA) is 106 Å². The van der Waals surface area contributed by atoms with Crippen LogP contribution in [0.25, 0.3) is 0 Å². The Balaban J connectivity index is 3.01. The molecule has 1 aromatic carbocycles. The number of amides is 1. The molecular formula is C11H15FN2O4S2. The first-order valence-electron chi connectivity index (χ1n) is 5.54. The van der Waals surface area contributed by atoms with Crippen LogP contribution in [0, 0.1) is 5.82 Å². The summed E-state index contributed by atoms with van der Waals surface area (Å²) < 4.78 is 46.9. The highest BCUT2D eigenvalue weighted by Gasteiger charge is 2.18. The maximum absolute atomic E-state index is 13.6. The van der Waals surface area contributed by atoms with Crippen LogP contribution in [0.1, 0.15) is 17.3 Å². The number of carbonyl (C=O) groups excluding carboxylic acids is 1. The van der Waals surface area contributed by atoms with Gasteiger partial charge in [0.2, 0.25) is 10.0 Å². The van der Waals surface area contributed by atoms with Crippen molar-refractivity contribution in [3.63, 3.8) is 0 Å². The van der Waals surface area contributed by atoms with Crippen LogP contribution in [-0.2, 0) is 20.8 Å². The molecular weight excluding hydrogens is 307 g/mol. The highest BCUT2D eigenvalue weighted by molar-refractivity contribution is 7.89. The molecule has 0 saturated carbocycles. The summed E-state index contributed by atoms with van der Waals surface area (Å²) >= 11 is 0. The molecule has 112 valence electrons. The summed E-state index contributed by atoms with van der Waals surface area (Å²) in [6.45, 7) is 1.61. The van der Waals surface area contributed by atoms with Gasteiger partial charge in [-0.25, -0.2) is 17.9 Å². The Kier molecular flexibility index (Phi) is 5.37. The van der Waals surface area contributed by atoms with Crippen LogP contribution in [-0.4, -0.2) is 36.6 Å². The summed E-state index contributed by atoms with van der Waals surface area (Å²) in [7, 11) is -5.14. The second-order valence-electron chi connectivity index (χ2n) is 4.30. The summed E-state index contributed by atoms with van der Waals surface area (Å²) in [5.74, 6) is -1.44. The third-order valence-corrected chi connectivity index (χ3v) is 4.25. The van der Waals surface area contributed by atoms with Crippen molar-refractivity contribution in [2.24, 2.45) is 5.14 Å². The lowest BCUT2D eigenvalue weighted by Gasteiger charge is -2.13. The van der Waals surface area contributed by atoms with E-state index in [1.165, 1.54) is 6.26 Å². The van der Waals surface area contributed by atoms with Crippen molar-refractivity contribution in [1.82, 2.24) is 5.32 Å². The van der Waals surface area contributed by atoms with Crippen LogP contribution in [0.5, 0.6) is 0 Å². The molecule has 0 heterocycles. The molecule has 9 heteroatoms. The van der Waals surface area contributed by atoms with E-state index in [2.05, 4.69) is 5.32 Å². The number of rotatable bonds is 5. The van der Waals surface area contributed by atoms with E-state index >= 15 is 0 Å². The van der Waals surface area contributed by atoms with E-state index in [0.29, 0.717) is 0 Å². The van der Waals surface area contributed by atoms with Crippen LogP contribution in [0.15, 0.2) is 23.1 Å². The maximum Gasteiger partial charge on any atom is 0.254 e. The van der Waals surface area contributed by atoms with Gasteiger partial charge in [0.25, 0.3) is 5.91 Å². The highest BCUT2D eigenvalue weighted by atomic mass is 32.2. The summed E-state index contributed by atoms with van der Waals surface area (Å²) in [6, 6.07) is 2.27. The molecule has 0 aliphatic rings. The number of halogens is 1. The van der Waals surface area contributed by atoms with Gasteiger partial charge in [-0.3, -0.25) is 9.00 Å². The van der Waals surface area contributed by atoms with Crippen molar-refractivity contribution >= 4 is 26.7 Å². The number of hydrogen-bond acceptors (Lipinski definition) is 4. The average Bonchev–Trinajstić information content (AvgIpc) is 2.26. The van der Waals surface area contributed by atoms with Crippen molar-refractivity contribution in [2.45, 2.75) is 17.9 Å². The van der Waals surface area contributed by atoms with Gasteiger partial charge in [0.1, 0.15) is 5.82 Å². The summed E-state index contributed by atoms with van der Waals surface area (Å²) in [6.07, 6.45) is 1.48. The molecule has 0 aliphatic carbocycles. The zero-order chi connectivity index (χ0) is 15.5. The van der Waals surface area contributed by atoms with E-state index < -0.39 is 44.2 Å². The lowest BCUT2D eigenvalue weighted by atomic mass is 10.2. The molecule has 20 heavy (non-hydrogen) atoms. The number of sulfonamides is 1. The van der Waals surface area contributed by atoms with Crippen molar-refractivity contribution in [3.8, 4) is 0 Å². The lowest BCUT2D eigenvalue weighted by molar-refractivity contribution is 0.0939. The smallest absolute Gasteiger partial charge is 0.254 e. The number of primary sulfonamides is 1. The molecule has 2 atom stereocenters. The Morgan fingerprint density at radius 1 is 1.50 bits per heavy atom. The largest absolute Gasteiger partial charge is 0.349 e. The SMILES string of the molecule is CC(CS(C)=O)NC(=O)c1cc(S(N)(=O)=O)ccc1F. The van der Waals surface area contributed by atoms with Gasteiger partial charge in [-0.05, 0) is 25.1 Å². The predicted molar refractivity (Wildman–Crippen MR) is 73.6 cm³/mol. The molecule has 0 radical (unpaired) electrons. The van der Waals surface area contributed by atoms with Crippen LogP contribution in [0.3, 0.4) is 0 Å². The van der Waals surface area contributed by atoms with Gasteiger partial charge in [-0.2, -0.15) is 0 Å². The standard InChI is InChI=1S/C11H15FN2O4S2/c1-7(6-19(2)16)14-11(15)9-5-8(20(13,17)18)3-4-10(9)12/h3-5,7H,6H2,1-2H3,(H,14,15)(H2,13,17,18). The summed E-state index contributed by atoms with van der Waals surface area (Å²) in [5, 5.41) is 7.36. The Morgan fingerprint density at radius 2 is 2.10 bits per heavy atom. The zero-order valence-corrected chi connectivity index (χ0v) is 12.6. The first-order chi connectivity index (χ1) is 9.11. The molecule has 0 saturated heterocycles. The molecule has 3 N–H and O–H groups in total. The van der Waals surface area contributed by atoms with Crippen LogP contribution < -0.4 is 10.5 Å². The van der Waals surface area contributed by atoms with Crippen molar-refractivity contribution in [2.75, 3.05) is 12.0 Å². The minimum absolute atomic E-state index is 0.211. The third kappa shape index (κ3) is 4.66. The Hall–Kier alpha value is -1.32. The molecule has 0 aliphatic heterocycles. The van der Waals surface area contributed by atoms with Crippen LogP contribution in [0.4, 0.5) is 4.39 Å². The Labute approximate surface area is 119 Å². The fraction of sp³-hybridized carbons (Fsp3) is 0.364. The van der Waals surface area contributed by atoms with E-state index in [1.807, 2.05) is 0 Å². The first-order valence-corrected chi connectivity index (χ1v) is 8.82. The third-order valence-electron chi connectivity index (χ3n) is 2.37. The molecule has 1 rings (SSSR count). The summed E-state index contributed by atoms with van der Waals surface area (Å²) in [4.78, 5) is 11.5. The minimum Gasteiger partial charge on any atom is -0.349 e. The Bertz CT molecular complexity index is 646. The van der Waals surface area contributed by atoms with E-state index in [9.17, 15) is 21.8 Å². The van der Waals surface area contributed by atoms with Gasteiger partial charge in [-0.15, -0.1) is 0 Å². The molecule has 0 fully saturated rings. The van der Waals surface area contributed by atoms with Gasteiger partial charge in [0, 0.05) is 28.9 Å². The number of nitrogens with one attached hydrogen (secondary N) is 1. The fourth-order valence-corrected chi connectivity index (χ4v) is 2.88. The second kappa shape index (κ2) is 6.42. The molecule has 0 spiro atoms. The molecule has 0 aromatic heterocycles. The van der Waals surface area contributed by atoms with Crippen LogP contribution in [0.2, 0.25) is 0 Å². The number of nitrogens with two attached hydrogens (primary N) is 1. The molecule has 6 nitrogen and oxygen atoms in total. The highest BCUT2D eigenvalue weighted by Crippen LogP contribution is 2.14. The minimum atomic E-state index is -4.02. The first kappa shape index (κ1) is 16.7. The summed E-state index contributed by atoms with van der Waals surface area (Å²) in [5.41, 5.74) is -0.426. The zero-order valence-electron chi connectivity index (χ0n) is 10.9. The van der Waals surface area contributed by atoms with Crippen LogP contribution >= 0.6 is 0 Å². The van der Waals surface area contributed by atoms with Gasteiger partial charge in [-0.1, -0.05) is 0 Å². The van der Waals surface area contributed by atoms with E-state index in [0.717, 1.165) is 18.2 Å². The molecule has 1 amide bonds. The number of hydrogen-bond donors (Lipinski definition) is 2. The number of carbonyl (C=O) groups is 1. The second-order valence-corrected chi connectivity index (χ2v) is 7.34. The normalized spacial score (nSPS) is 14.6. The molecule has 2 unspecified atom stereocenters.